The largest absolute Gasteiger partial charge is 0.302 e. The van der Waals surface area contributed by atoms with Crippen LogP contribution in [-0.4, -0.2) is 42.0 Å². The van der Waals surface area contributed by atoms with E-state index in [0.717, 1.165) is 41.4 Å². The quantitative estimate of drug-likeness (QED) is 0.478. The second kappa shape index (κ2) is 10.0. The summed E-state index contributed by atoms with van der Waals surface area (Å²) in [6.45, 7) is 7.67. The summed E-state index contributed by atoms with van der Waals surface area (Å²) in [5.74, 6) is 0.103. The Kier molecular flexibility index (Phi) is 7.43. The van der Waals surface area contributed by atoms with E-state index >= 15 is 0 Å². The second-order valence-electron chi connectivity index (χ2n) is 6.64. The third kappa shape index (κ3) is 5.10. The molecule has 0 radical (unpaired) electrons. The topological polar surface area (TPSA) is 36.4 Å². The van der Waals surface area contributed by atoms with Crippen molar-refractivity contribution < 1.29 is 4.79 Å². The van der Waals surface area contributed by atoms with Gasteiger partial charge in [-0.2, -0.15) is 0 Å². The van der Waals surface area contributed by atoms with E-state index in [1.165, 1.54) is 16.9 Å². The zero-order valence-electron chi connectivity index (χ0n) is 16.4. The van der Waals surface area contributed by atoms with Crippen molar-refractivity contribution >= 4 is 44.2 Å². The van der Waals surface area contributed by atoms with E-state index in [9.17, 15) is 4.79 Å². The van der Waals surface area contributed by atoms with Crippen LogP contribution >= 0.6 is 22.9 Å². The maximum Gasteiger partial charge on any atom is 0.229 e. The molecular formula is C22H26ClN3OS. The van der Waals surface area contributed by atoms with Crippen molar-refractivity contribution in [3.8, 4) is 0 Å². The van der Waals surface area contributed by atoms with Crippen molar-refractivity contribution in [2.24, 2.45) is 0 Å². The lowest BCUT2D eigenvalue weighted by atomic mass is 10.1. The van der Waals surface area contributed by atoms with Crippen LogP contribution in [-0.2, 0) is 11.2 Å². The molecule has 0 aliphatic carbocycles. The number of nitrogens with zero attached hydrogens (tertiary/aromatic N) is 3. The predicted molar refractivity (Wildman–Crippen MR) is 120 cm³/mol. The molecule has 0 bridgehead atoms. The van der Waals surface area contributed by atoms with Crippen LogP contribution in [0.4, 0.5) is 5.13 Å². The molecule has 3 aromatic rings. The minimum absolute atomic E-state index is 0.103. The third-order valence-electron chi connectivity index (χ3n) is 4.90. The minimum Gasteiger partial charge on any atom is -0.302 e. The van der Waals surface area contributed by atoms with Gasteiger partial charge in [0.2, 0.25) is 5.91 Å². The Morgan fingerprint density at radius 1 is 1.04 bits per heavy atom. The van der Waals surface area contributed by atoms with Gasteiger partial charge in [0.25, 0.3) is 0 Å². The van der Waals surface area contributed by atoms with Crippen LogP contribution in [0.3, 0.4) is 0 Å². The van der Waals surface area contributed by atoms with Crippen molar-refractivity contribution in [2.45, 2.75) is 26.7 Å². The normalized spacial score (nSPS) is 11.3. The molecule has 1 aromatic heterocycles. The zero-order valence-corrected chi connectivity index (χ0v) is 18.0. The highest BCUT2D eigenvalue weighted by molar-refractivity contribution is 7.22. The fraction of sp³-hybridized carbons (Fsp3) is 0.364. The Balaban J connectivity index is 1.80. The average molecular weight is 416 g/mol. The Morgan fingerprint density at radius 2 is 1.79 bits per heavy atom. The molecule has 148 valence electrons. The summed E-state index contributed by atoms with van der Waals surface area (Å²) < 4.78 is 1.01. The summed E-state index contributed by atoms with van der Waals surface area (Å²) in [6.07, 6.45) is 1.19. The Bertz CT molecular complexity index is 909. The van der Waals surface area contributed by atoms with Gasteiger partial charge in [-0.05, 0) is 37.2 Å². The number of aromatic nitrogens is 1. The SMILES string of the molecule is CCN(CC)CCN(C(=O)CCc1ccccc1)c1nc2c(Cl)cccc2s1. The maximum absolute atomic E-state index is 13.1. The summed E-state index contributed by atoms with van der Waals surface area (Å²) >= 11 is 7.83. The van der Waals surface area contributed by atoms with Crippen molar-refractivity contribution in [3.05, 3.63) is 59.1 Å². The van der Waals surface area contributed by atoms with Gasteiger partial charge in [-0.15, -0.1) is 0 Å². The zero-order chi connectivity index (χ0) is 19.9. The molecule has 6 heteroatoms. The smallest absolute Gasteiger partial charge is 0.229 e. The number of fused-ring (bicyclic) bond motifs is 1. The van der Waals surface area contributed by atoms with E-state index in [2.05, 4.69) is 30.9 Å². The molecule has 0 aliphatic heterocycles. The highest BCUT2D eigenvalue weighted by Gasteiger charge is 2.21. The summed E-state index contributed by atoms with van der Waals surface area (Å²) in [7, 11) is 0. The first-order valence-electron chi connectivity index (χ1n) is 9.74. The number of aryl methyl sites for hydroxylation is 1. The molecular weight excluding hydrogens is 390 g/mol. The van der Waals surface area contributed by atoms with E-state index < -0.39 is 0 Å². The van der Waals surface area contributed by atoms with Crippen LogP contribution in [0, 0.1) is 0 Å². The number of rotatable bonds is 9. The van der Waals surface area contributed by atoms with Crippen LogP contribution in [0.1, 0.15) is 25.8 Å². The van der Waals surface area contributed by atoms with Gasteiger partial charge in [0.15, 0.2) is 5.13 Å². The third-order valence-corrected chi connectivity index (χ3v) is 6.24. The van der Waals surface area contributed by atoms with Gasteiger partial charge < -0.3 is 4.90 Å². The molecule has 3 rings (SSSR count). The summed E-state index contributed by atoms with van der Waals surface area (Å²) in [6, 6.07) is 15.9. The van der Waals surface area contributed by atoms with Gasteiger partial charge in [-0.1, -0.05) is 73.2 Å². The fourth-order valence-electron chi connectivity index (χ4n) is 3.16. The number of para-hydroxylation sites is 1. The number of hydrogen-bond donors (Lipinski definition) is 0. The number of anilines is 1. The number of halogens is 1. The Morgan fingerprint density at radius 3 is 2.46 bits per heavy atom. The lowest BCUT2D eigenvalue weighted by Crippen LogP contribution is -2.39. The first-order valence-corrected chi connectivity index (χ1v) is 10.9. The van der Waals surface area contributed by atoms with Crippen molar-refractivity contribution in [2.75, 3.05) is 31.1 Å². The van der Waals surface area contributed by atoms with Crippen LogP contribution in [0.2, 0.25) is 5.02 Å². The molecule has 2 aromatic carbocycles. The molecule has 0 aliphatic rings. The molecule has 1 heterocycles. The van der Waals surface area contributed by atoms with E-state index in [1.807, 2.05) is 41.3 Å². The number of hydrogen-bond acceptors (Lipinski definition) is 4. The summed E-state index contributed by atoms with van der Waals surface area (Å²) in [5.41, 5.74) is 1.94. The summed E-state index contributed by atoms with van der Waals surface area (Å²) in [5, 5.41) is 1.36. The van der Waals surface area contributed by atoms with Crippen molar-refractivity contribution in [3.63, 3.8) is 0 Å². The van der Waals surface area contributed by atoms with Crippen LogP contribution in [0.5, 0.6) is 0 Å². The lowest BCUT2D eigenvalue weighted by Gasteiger charge is -2.24. The van der Waals surface area contributed by atoms with E-state index in [1.54, 1.807) is 0 Å². The van der Waals surface area contributed by atoms with E-state index in [0.29, 0.717) is 18.0 Å². The van der Waals surface area contributed by atoms with Gasteiger partial charge >= 0.3 is 0 Å². The van der Waals surface area contributed by atoms with Crippen LogP contribution < -0.4 is 4.90 Å². The molecule has 0 N–H and O–H groups in total. The molecule has 0 saturated heterocycles. The Hall–Kier alpha value is -1.95. The number of benzene rings is 2. The standard InChI is InChI=1S/C22H26ClN3OS/c1-3-25(4-2)15-16-26(20(27)14-13-17-9-6-5-7-10-17)22-24-21-18(23)11-8-12-19(21)28-22/h5-12H,3-4,13-16H2,1-2H3. The second-order valence-corrected chi connectivity index (χ2v) is 8.06. The monoisotopic (exact) mass is 415 g/mol. The molecule has 1 amide bonds. The number of likely N-dealkylation sites (N-methyl/N-ethyl adjacent to an activating group) is 1. The number of amides is 1. The van der Waals surface area contributed by atoms with Gasteiger partial charge in [0, 0.05) is 19.5 Å². The van der Waals surface area contributed by atoms with Gasteiger partial charge in [0.05, 0.1) is 9.72 Å². The van der Waals surface area contributed by atoms with Crippen LogP contribution in [0.25, 0.3) is 10.2 Å². The molecule has 0 unspecified atom stereocenters. The average Bonchev–Trinajstić information content (AvgIpc) is 3.15. The highest BCUT2D eigenvalue weighted by atomic mass is 35.5. The lowest BCUT2D eigenvalue weighted by molar-refractivity contribution is -0.118. The van der Waals surface area contributed by atoms with Crippen molar-refractivity contribution in [1.82, 2.24) is 9.88 Å². The molecule has 0 spiro atoms. The summed E-state index contributed by atoms with van der Waals surface area (Å²) in [4.78, 5) is 22.0. The van der Waals surface area contributed by atoms with Gasteiger partial charge in [-0.25, -0.2) is 4.98 Å². The highest BCUT2D eigenvalue weighted by Crippen LogP contribution is 2.33. The fourth-order valence-corrected chi connectivity index (χ4v) is 4.47. The molecule has 0 fully saturated rings. The molecule has 0 atom stereocenters. The van der Waals surface area contributed by atoms with E-state index in [4.69, 9.17) is 16.6 Å². The minimum atomic E-state index is 0.103. The molecule has 4 nitrogen and oxygen atoms in total. The number of thiazole rings is 1. The predicted octanol–water partition coefficient (Wildman–Crippen LogP) is 5.26. The van der Waals surface area contributed by atoms with E-state index in [-0.39, 0.29) is 5.91 Å². The maximum atomic E-state index is 13.1. The number of carbonyl (C=O) groups excluding carboxylic acids is 1. The number of carbonyl (C=O) groups is 1. The first-order chi connectivity index (χ1) is 13.6. The molecule has 0 saturated carbocycles. The van der Waals surface area contributed by atoms with Crippen LogP contribution in [0.15, 0.2) is 48.5 Å². The molecule has 28 heavy (non-hydrogen) atoms. The first kappa shape index (κ1) is 20.8. The Labute approximate surface area is 175 Å². The van der Waals surface area contributed by atoms with Gasteiger partial charge in [0.1, 0.15) is 5.52 Å². The van der Waals surface area contributed by atoms with Crippen molar-refractivity contribution in [1.29, 1.82) is 0 Å². The van der Waals surface area contributed by atoms with Gasteiger partial charge in [-0.3, -0.25) is 9.69 Å².